The van der Waals surface area contributed by atoms with Crippen LogP contribution in [-0.2, 0) is 20.0 Å². The normalized spacial score (nSPS) is 15.2. The fourth-order valence-electron chi connectivity index (χ4n) is 4.27. The molecule has 0 radical (unpaired) electrons. The molecule has 0 saturated carbocycles. The number of rotatable bonds is 6. The lowest BCUT2D eigenvalue weighted by atomic mass is 10.0. The molecular weight excluding hydrogens is 412 g/mol. The summed E-state index contributed by atoms with van der Waals surface area (Å²) in [5, 5.41) is 6.20. The van der Waals surface area contributed by atoms with Crippen molar-refractivity contribution in [1.82, 2.24) is 29.5 Å². The average Bonchev–Trinajstić information content (AvgIpc) is 3.26. The second-order valence-electron chi connectivity index (χ2n) is 8.87. The van der Waals surface area contributed by atoms with Crippen LogP contribution in [0.25, 0.3) is 22.0 Å². The van der Waals surface area contributed by atoms with E-state index in [0.717, 1.165) is 66.0 Å². The molecule has 0 atom stereocenters. The van der Waals surface area contributed by atoms with Gasteiger partial charge in [-0.05, 0) is 36.2 Å². The molecule has 0 N–H and O–H groups in total. The number of fused-ring (bicyclic) bond motifs is 1. The Balaban J connectivity index is 1.31. The van der Waals surface area contributed by atoms with Crippen LogP contribution in [0.3, 0.4) is 0 Å². The van der Waals surface area contributed by atoms with Crippen LogP contribution >= 0.6 is 0 Å². The topological polar surface area (TPSA) is 67.2 Å². The van der Waals surface area contributed by atoms with E-state index in [1.165, 1.54) is 5.56 Å². The van der Waals surface area contributed by atoms with Gasteiger partial charge in [0.2, 0.25) is 0 Å². The number of ketones is 1. The summed E-state index contributed by atoms with van der Waals surface area (Å²) in [6.45, 7) is 5.18. The van der Waals surface area contributed by atoms with Gasteiger partial charge in [-0.15, -0.1) is 0 Å². The summed E-state index contributed by atoms with van der Waals surface area (Å²) >= 11 is 0. The quantitative estimate of drug-likeness (QED) is 0.429. The van der Waals surface area contributed by atoms with Gasteiger partial charge < -0.3 is 4.90 Å². The predicted octanol–water partition coefficient (Wildman–Crippen LogP) is 3.20. The second-order valence-corrected chi connectivity index (χ2v) is 8.87. The van der Waals surface area contributed by atoms with Gasteiger partial charge in [0.1, 0.15) is 0 Å². The van der Waals surface area contributed by atoms with Crippen LogP contribution in [0.1, 0.15) is 21.6 Å². The van der Waals surface area contributed by atoms with Crippen LogP contribution in [0.5, 0.6) is 0 Å². The third-order valence-electron chi connectivity index (χ3n) is 6.25. The molecule has 0 aliphatic carbocycles. The van der Waals surface area contributed by atoms with Crippen molar-refractivity contribution in [2.45, 2.75) is 13.0 Å². The number of hydrogen-bond donors (Lipinski definition) is 0. The molecule has 168 valence electrons. The molecule has 0 unspecified atom stereocenters. The number of likely N-dealkylation sites (N-methyl/N-ethyl adjacent to an activating group) is 1. The zero-order valence-corrected chi connectivity index (χ0v) is 19.1. The Hall–Kier alpha value is -3.42. The fourth-order valence-corrected chi connectivity index (χ4v) is 4.27. The van der Waals surface area contributed by atoms with E-state index in [1.807, 2.05) is 49.8 Å². The largest absolute Gasteiger partial charge is 0.304 e. The van der Waals surface area contributed by atoms with Crippen molar-refractivity contribution in [3.63, 3.8) is 0 Å². The van der Waals surface area contributed by atoms with Crippen LogP contribution < -0.4 is 0 Å². The maximum atomic E-state index is 13.0. The molecule has 0 amide bonds. The summed E-state index contributed by atoms with van der Waals surface area (Å²) in [5.41, 5.74) is 4.51. The Kier molecular flexibility index (Phi) is 5.98. The number of benzene rings is 1. The van der Waals surface area contributed by atoms with Gasteiger partial charge >= 0.3 is 0 Å². The number of piperazine rings is 1. The first kappa shape index (κ1) is 21.4. The van der Waals surface area contributed by atoms with Gasteiger partial charge in [0.05, 0.1) is 18.3 Å². The van der Waals surface area contributed by atoms with Gasteiger partial charge in [-0.3, -0.25) is 24.3 Å². The molecule has 33 heavy (non-hydrogen) atoms. The van der Waals surface area contributed by atoms with Gasteiger partial charge in [0.15, 0.2) is 5.78 Å². The van der Waals surface area contributed by atoms with Crippen LogP contribution in [0.15, 0.2) is 61.2 Å². The minimum absolute atomic E-state index is 0.0867. The van der Waals surface area contributed by atoms with Crippen LogP contribution in [0, 0.1) is 0 Å². The summed E-state index contributed by atoms with van der Waals surface area (Å²) < 4.78 is 1.76. The Morgan fingerprint density at radius 3 is 2.55 bits per heavy atom. The minimum Gasteiger partial charge on any atom is -0.304 e. The first-order chi connectivity index (χ1) is 16.0. The lowest BCUT2D eigenvalue weighted by Crippen LogP contribution is -2.43. The highest BCUT2D eigenvalue weighted by Gasteiger charge is 2.15. The third kappa shape index (κ3) is 4.99. The number of carbonyl (C=O) groups is 1. The summed E-state index contributed by atoms with van der Waals surface area (Å²) in [6, 6.07) is 12.0. The van der Waals surface area contributed by atoms with Crippen molar-refractivity contribution in [3.05, 3.63) is 78.0 Å². The first-order valence-electron chi connectivity index (χ1n) is 11.3. The number of pyridine rings is 2. The Morgan fingerprint density at radius 1 is 0.939 bits per heavy atom. The van der Waals surface area contributed by atoms with Crippen molar-refractivity contribution in [2.24, 2.45) is 7.05 Å². The van der Waals surface area contributed by atoms with E-state index >= 15 is 0 Å². The highest BCUT2D eigenvalue weighted by atomic mass is 16.1. The molecule has 7 heteroatoms. The molecule has 5 rings (SSSR count). The monoisotopic (exact) mass is 440 g/mol. The van der Waals surface area contributed by atoms with E-state index in [2.05, 4.69) is 38.0 Å². The molecule has 1 fully saturated rings. The SMILES string of the molecule is CN1CCN(Cc2cccc(C(=O)Cc3cc4cc(-c5cnn(C)c5)ncc4cn3)c2)CC1. The molecule has 7 nitrogen and oxygen atoms in total. The summed E-state index contributed by atoms with van der Waals surface area (Å²) in [6.07, 6.45) is 7.63. The molecule has 3 aromatic heterocycles. The number of hydrogen-bond acceptors (Lipinski definition) is 6. The summed E-state index contributed by atoms with van der Waals surface area (Å²) in [5.74, 6) is 0.0867. The van der Waals surface area contributed by atoms with E-state index in [4.69, 9.17) is 0 Å². The van der Waals surface area contributed by atoms with Crippen LogP contribution in [-0.4, -0.2) is 68.6 Å². The van der Waals surface area contributed by atoms with Gasteiger partial charge in [-0.2, -0.15) is 5.10 Å². The molecular formula is C26H28N6O. The summed E-state index contributed by atoms with van der Waals surface area (Å²) in [7, 11) is 4.05. The third-order valence-corrected chi connectivity index (χ3v) is 6.25. The fraction of sp³-hybridized carbons (Fsp3) is 0.308. The highest BCUT2D eigenvalue weighted by Crippen LogP contribution is 2.22. The smallest absolute Gasteiger partial charge is 0.168 e. The van der Waals surface area contributed by atoms with Crippen molar-refractivity contribution in [3.8, 4) is 11.3 Å². The molecule has 1 saturated heterocycles. The van der Waals surface area contributed by atoms with E-state index in [9.17, 15) is 4.79 Å². The molecule has 1 aliphatic heterocycles. The number of Topliss-reactive ketones (excluding diaryl/α,β-unsaturated/α-hetero) is 1. The second kappa shape index (κ2) is 9.21. The molecule has 4 aromatic rings. The Labute approximate surface area is 193 Å². The molecule has 0 bridgehead atoms. The van der Waals surface area contributed by atoms with Gasteiger partial charge in [-0.1, -0.05) is 18.2 Å². The van der Waals surface area contributed by atoms with E-state index in [1.54, 1.807) is 17.1 Å². The number of nitrogens with zero attached hydrogens (tertiary/aromatic N) is 6. The average molecular weight is 441 g/mol. The van der Waals surface area contributed by atoms with Crippen molar-refractivity contribution < 1.29 is 4.79 Å². The number of carbonyl (C=O) groups excluding carboxylic acids is 1. The van der Waals surface area contributed by atoms with E-state index < -0.39 is 0 Å². The van der Waals surface area contributed by atoms with Crippen molar-refractivity contribution in [2.75, 3.05) is 33.2 Å². The Bertz CT molecular complexity index is 1290. The lowest BCUT2D eigenvalue weighted by molar-refractivity contribution is 0.0991. The van der Waals surface area contributed by atoms with E-state index in [-0.39, 0.29) is 12.2 Å². The van der Waals surface area contributed by atoms with E-state index in [0.29, 0.717) is 0 Å². The van der Waals surface area contributed by atoms with Gasteiger partial charge in [0, 0.05) is 80.6 Å². The zero-order chi connectivity index (χ0) is 22.8. The molecule has 1 aromatic carbocycles. The minimum atomic E-state index is 0.0867. The first-order valence-corrected chi connectivity index (χ1v) is 11.3. The van der Waals surface area contributed by atoms with Crippen LogP contribution in [0.4, 0.5) is 0 Å². The maximum Gasteiger partial charge on any atom is 0.168 e. The number of aryl methyl sites for hydroxylation is 1. The predicted molar refractivity (Wildman–Crippen MR) is 129 cm³/mol. The van der Waals surface area contributed by atoms with Crippen molar-refractivity contribution in [1.29, 1.82) is 0 Å². The number of aromatic nitrogens is 4. The highest BCUT2D eigenvalue weighted by molar-refractivity contribution is 5.98. The maximum absolute atomic E-state index is 13.0. The van der Waals surface area contributed by atoms with Crippen molar-refractivity contribution >= 4 is 16.6 Å². The standard InChI is InChI=1S/C26H28N6O/c1-30-6-8-32(9-7-30)17-19-4-3-5-20(10-19)26(33)13-24-11-21-12-25(23-16-29-31(2)18-23)28-15-22(21)14-27-24/h3-5,10-12,14-16,18H,6-9,13,17H2,1-2H3. The molecule has 0 spiro atoms. The molecule has 4 heterocycles. The van der Waals surface area contributed by atoms with Gasteiger partial charge in [0.25, 0.3) is 0 Å². The zero-order valence-electron chi connectivity index (χ0n) is 19.1. The lowest BCUT2D eigenvalue weighted by Gasteiger charge is -2.32. The van der Waals surface area contributed by atoms with Gasteiger partial charge in [-0.25, -0.2) is 0 Å². The van der Waals surface area contributed by atoms with Crippen LogP contribution in [0.2, 0.25) is 0 Å². The Morgan fingerprint density at radius 2 is 1.76 bits per heavy atom. The summed E-state index contributed by atoms with van der Waals surface area (Å²) in [4.78, 5) is 26.9. The molecule has 1 aliphatic rings.